The zero-order valence-electron chi connectivity index (χ0n) is 16.4. The molecule has 0 aliphatic heterocycles. The highest BCUT2D eigenvalue weighted by Crippen LogP contribution is 2.24. The monoisotopic (exact) mass is 425 g/mol. The summed E-state index contributed by atoms with van der Waals surface area (Å²) in [6.45, 7) is 3.57. The van der Waals surface area contributed by atoms with E-state index in [1.54, 1.807) is 30.3 Å². The van der Waals surface area contributed by atoms with Crippen LogP contribution in [0.3, 0.4) is 0 Å². The molecule has 0 bridgehead atoms. The molecule has 1 aromatic heterocycles. The lowest BCUT2D eigenvalue weighted by Gasteiger charge is -2.10. The topological polar surface area (TPSA) is 92.9 Å². The van der Waals surface area contributed by atoms with Crippen molar-refractivity contribution in [3.63, 3.8) is 0 Å². The summed E-state index contributed by atoms with van der Waals surface area (Å²) >= 11 is 6.06. The van der Waals surface area contributed by atoms with Gasteiger partial charge in [-0.2, -0.15) is 5.10 Å². The zero-order chi connectivity index (χ0) is 21.7. The van der Waals surface area contributed by atoms with Gasteiger partial charge in [0.2, 0.25) is 0 Å². The lowest BCUT2D eigenvalue weighted by atomic mass is 10.2. The first kappa shape index (κ1) is 21.1. The maximum atomic E-state index is 12.3. The molecule has 2 N–H and O–H groups in total. The number of ether oxygens (including phenoxy) is 1. The first-order valence-corrected chi connectivity index (χ1v) is 9.46. The molecule has 0 unspecified atom stereocenters. The van der Waals surface area contributed by atoms with Crippen molar-refractivity contribution in [2.45, 2.75) is 13.8 Å². The van der Waals surface area contributed by atoms with Crippen LogP contribution in [0.1, 0.15) is 27.3 Å². The number of halogens is 1. The van der Waals surface area contributed by atoms with Gasteiger partial charge in [-0.25, -0.2) is 10.2 Å². The number of aromatic nitrogens is 1. The minimum absolute atomic E-state index is 0.248. The Morgan fingerprint density at radius 2 is 1.77 bits per heavy atom. The lowest BCUT2D eigenvalue weighted by molar-refractivity contribution is -0.139. The predicted molar refractivity (Wildman–Crippen MR) is 115 cm³/mol. The fraction of sp³-hybridized carbons (Fsp3) is 0.136. The van der Waals surface area contributed by atoms with E-state index in [4.69, 9.17) is 21.4 Å². The first-order chi connectivity index (χ1) is 14.3. The van der Waals surface area contributed by atoms with Gasteiger partial charge in [0.05, 0.1) is 11.2 Å². The van der Waals surface area contributed by atoms with Gasteiger partial charge in [0.1, 0.15) is 5.75 Å². The Kier molecular flexibility index (Phi) is 6.54. The van der Waals surface area contributed by atoms with E-state index in [9.17, 15) is 9.59 Å². The molecule has 0 radical (unpaired) electrons. The van der Waals surface area contributed by atoms with E-state index in [-0.39, 0.29) is 16.7 Å². The molecule has 0 saturated heterocycles. The third-order valence-corrected chi connectivity index (χ3v) is 4.64. The normalized spacial score (nSPS) is 10.9. The summed E-state index contributed by atoms with van der Waals surface area (Å²) in [7, 11) is 0. The van der Waals surface area contributed by atoms with Crippen LogP contribution < -0.4 is 10.2 Å². The number of benzene rings is 2. The van der Waals surface area contributed by atoms with E-state index in [1.807, 2.05) is 38.1 Å². The summed E-state index contributed by atoms with van der Waals surface area (Å²) in [6.07, 6.45) is 1.44. The molecule has 0 saturated carbocycles. The van der Waals surface area contributed by atoms with E-state index < -0.39 is 12.6 Å². The molecule has 0 aliphatic rings. The third-order valence-electron chi connectivity index (χ3n) is 4.35. The minimum atomic E-state index is -1.09. The number of carbonyl (C=O) groups is 2. The van der Waals surface area contributed by atoms with Crippen molar-refractivity contribution in [3.05, 3.63) is 82.1 Å². The number of hydrazone groups is 1. The predicted octanol–water partition coefficient (Wildman–Crippen LogP) is 3.97. The van der Waals surface area contributed by atoms with E-state index in [0.717, 1.165) is 17.1 Å². The van der Waals surface area contributed by atoms with Crippen molar-refractivity contribution < 1.29 is 19.4 Å². The highest BCUT2D eigenvalue weighted by atomic mass is 35.5. The van der Waals surface area contributed by atoms with E-state index in [2.05, 4.69) is 15.1 Å². The van der Waals surface area contributed by atoms with E-state index in [1.165, 1.54) is 6.21 Å². The van der Waals surface area contributed by atoms with E-state index in [0.29, 0.717) is 11.1 Å². The number of carboxylic acids is 1. The Hall–Kier alpha value is -3.58. The second kappa shape index (κ2) is 9.28. The van der Waals surface area contributed by atoms with Crippen LogP contribution in [0.15, 0.2) is 59.7 Å². The van der Waals surface area contributed by atoms with Crippen molar-refractivity contribution in [1.29, 1.82) is 0 Å². The summed E-state index contributed by atoms with van der Waals surface area (Å²) in [6, 6.07) is 16.1. The van der Waals surface area contributed by atoms with Crippen molar-refractivity contribution in [2.24, 2.45) is 5.10 Å². The maximum Gasteiger partial charge on any atom is 0.341 e. The fourth-order valence-corrected chi connectivity index (χ4v) is 3.17. The number of rotatable bonds is 7. The SMILES string of the molecule is Cc1ccc(C)n1-c1ccc(C(=O)N/N=C\c2ccc(OCC(=O)O)c(Cl)c2)cc1. The van der Waals surface area contributed by atoms with Crippen LogP contribution in [-0.4, -0.2) is 34.4 Å². The van der Waals surface area contributed by atoms with Crippen LogP contribution in [0, 0.1) is 13.8 Å². The smallest absolute Gasteiger partial charge is 0.341 e. The first-order valence-electron chi connectivity index (χ1n) is 9.08. The molecule has 0 spiro atoms. The van der Waals surface area contributed by atoms with Gasteiger partial charge in [-0.3, -0.25) is 4.79 Å². The number of aliphatic carboxylic acids is 1. The van der Waals surface area contributed by atoms with Gasteiger partial charge in [0.15, 0.2) is 6.61 Å². The van der Waals surface area contributed by atoms with Crippen LogP contribution in [0.25, 0.3) is 5.69 Å². The van der Waals surface area contributed by atoms with Gasteiger partial charge >= 0.3 is 5.97 Å². The van der Waals surface area contributed by atoms with Crippen LogP contribution in [0.5, 0.6) is 5.75 Å². The second-order valence-corrected chi connectivity index (χ2v) is 6.98. The molecular formula is C22H20ClN3O4. The quantitative estimate of drug-likeness (QED) is 0.442. The molecule has 8 heteroatoms. The Balaban J connectivity index is 1.62. The molecular weight excluding hydrogens is 406 g/mol. The van der Waals surface area contributed by atoms with Gasteiger partial charge < -0.3 is 14.4 Å². The number of amides is 1. The number of nitrogens with one attached hydrogen (secondary N) is 1. The minimum Gasteiger partial charge on any atom is -0.480 e. The van der Waals surface area contributed by atoms with Gasteiger partial charge in [-0.1, -0.05) is 11.6 Å². The number of aryl methyl sites for hydroxylation is 2. The molecule has 0 aliphatic carbocycles. The summed E-state index contributed by atoms with van der Waals surface area (Å²) in [5.74, 6) is -1.18. The second-order valence-electron chi connectivity index (χ2n) is 6.57. The van der Waals surface area contributed by atoms with Crippen LogP contribution >= 0.6 is 11.6 Å². The van der Waals surface area contributed by atoms with Crippen LogP contribution in [-0.2, 0) is 4.79 Å². The number of hydrogen-bond donors (Lipinski definition) is 2. The molecule has 1 amide bonds. The van der Waals surface area contributed by atoms with Crippen molar-refractivity contribution in [3.8, 4) is 11.4 Å². The fourth-order valence-electron chi connectivity index (χ4n) is 2.92. The molecule has 3 rings (SSSR count). The number of carboxylic acid groups (broad SMARTS) is 1. The Bertz CT molecular complexity index is 1080. The standard InChI is InChI=1S/C22H20ClN3O4/c1-14-3-4-15(2)26(14)18-8-6-17(7-9-18)22(29)25-24-12-16-5-10-20(19(23)11-16)30-13-21(27)28/h3-12H,13H2,1-2H3,(H,25,29)(H,27,28)/b24-12-. The molecule has 154 valence electrons. The van der Waals surface area contributed by atoms with Crippen LogP contribution in [0.4, 0.5) is 0 Å². The van der Waals surface area contributed by atoms with E-state index >= 15 is 0 Å². The van der Waals surface area contributed by atoms with Gasteiger partial charge in [0.25, 0.3) is 5.91 Å². The summed E-state index contributed by atoms with van der Waals surface area (Å²) < 4.78 is 7.16. The summed E-state index contributed by atoms with van der Waals surface area (Å²) in [4.78, 5) is 22.9. The number of nitrogens with zero attached hydrogens (tertiary/aromatic N) is 2. The Morgan fingerprint density at radius 1 is 1.10 bits per heavy atom. The van der Waals surface area contributed by atoms with Crippen molar-refractivity contribution >= 4 is 29.7 Å². The Labute approximate surface area is 178 Å². The van der Waals surface area contributed by atoms with Gasteiger partial charge in [-0.15, -0.1) is 0 Å². The van der Waals surface area contributed by atoms with Gasteiger partial charge in [-0.05, 0) is 74.0 Å². The van der Waals surface area contributed by atoms with Crippen LogP contribution in [0.2, 0.25) is 5.02 Å². The third kappa shape index (κ3) is 5.07. The van der Waals surface area contributed by atoms with Gasteiger partial charge in [0, 0.05) is 22.6 Å². The Morgan fingerprint density at radius 3 is 2.37 bits per heavy atom. The number of carbonyl (C=O) groups excluding carboxylic acids is 1. The molecule has 1 heterocycles. The largest absolute Gasteiger partial charge is 0.480 e. The highest BCUT2D eigenvalue weighted by molar-refractivity contribution is 6.32. The summed E-state index contributed by atoms with van der Waals surface area (Å²) in [5, 5.41) is 12.8. The maximum absolute atomic E-state index is 12.3. The average Bonchev–Trinajstić information content (AvgIpc) is 3.05. The molecule has 2 aromatic carbocycles. The number of hydrogen-bond acceptors (Lipinski definition) is 4. The zero-order valence-corrected chi connectivity index (χ0v) is 17.2. The average molecular weight is 426 g/mol. The molecule has 3 aromatic rings. The molecule has 0 atom stereocenters. The van der Waals surface area contributed by atoms with Crippen molar-refractivity contribution in [1.82, 2.24) is 9.99 Å². The summed E-state index contributed by atoms with van der Waals surface area (Å²) in [5.41, 5.74) is 6.79. The molecule has 0 fully saturated rings. The molecule has 30 heavy (non-hydrogen) atoms. The highest BCUT2D eigenvalue weighted by Gasteiger charge is 2.08. The lowest BCUT2D eigenvalue weighted by Crippen LogP contribution is -2.17. The molecule has 7 nitrogen and oxygen atoms in total. The van der Waals surface area contributed by atoms with Crippen molar-refractivity contribution in [2.75, 3.05) is 6.61 Å².